The van der Waals surface area contributed by atoms with E-state index in [0.29, 0.717) is 11.1 Å². The lowest BCUT2D eigenvalue weighted by atomic mass is 9.97. The Morgan fingerprint density at radius 1 is 1.21 bits per heavy atom. The first kappa shape index (κ1) is 12.7. The van der Waals surface area contributed by atoms with Gasteiger partial charge in [-0.1, -0.05) is 12.1 Å². The molecule has 6 heteroatoms. The van der Waals surface area contributed by atoms with Gasteiger partial charge in [0.05, 0.1) is 5.56 Å². The van der Waals surface area contributed by atoms with Gasteiger partial charge in [-0.05, 0) is 17.7 Å². The highest BCUT2D eigenvalue weighted by Gasteiger charge is 2.18. The molecule has 0 aliphatic rings. The molecule has 2 rings (SSSR count). The van der Waals surface area contributed by atoms with Gasteiger partial charge in [-0.2, -0.15) is 10.5 Å². The second-order valence-electron chi connectivity index (χ2n) is 3.72. The molecule has 0 atom stereocenters. The van der Waals surface area contributed by atoms with E-state index in [1.807, 2.05) is 12.1 Å². The van der Waals surface area contributed by atoms with E-state index in [4.69, 9.17) is 5.73 Å². The fourth-order valence-electron chi connectivity index (χ4n) is 1.76. The summed E-state index contributed by atoms with van der Waals surface area (Å²) in [6.45, 7) is 0. The summed E-state index contributed by atoms with van der Waals surface area (Å²) in [5.74, 6) is 0.0335. The molecule has 0 bridgehead atoms. The van der Waals surface area contributed by atoms with Gasteiger partial charge >= 0.3 is 0 Å². The third-order valence-corrected chi connectivity index (χ3v) is 2.89. The molecule has 3 N–H and O–H groups in total. The van der Waals surface area contributed by atoms with E-state index in [2.05, 4.69) is 17.6 Å². The van der Waals surface area contributed by atoms with Gasteiger partial charge in [0.2, 0.25) is 0 Å². The lowest BCUT2D eigenvalue weighted by Gasteiger charge is -2.10. The number of anilines is 1. The van der Waals surface area contributed by atoms with E-state index in [1.54, 1.807) is 12.1 Å². The molecule has 5 nitrogen and oxygen atoms in total. The van der Waals surface area contributed by atoms with Crippen molar-refractivity contribution in [3.63, 3.8) is 0 Å². The van der Waals surface area contributed by atoms with Gasteiger partial charge in [0, 0.05) is 5.56 Å². The van der Waals surface area contributed by atoms with Crippen LogP contribution in [-0.4, -0.2) is 10.1 Å². The Balaban J connectivity index is 2.89. The van der Waals surface area contributed by atoms with Crippen LogP contribution in [0.1, 0.15) is 11.1 Å². The van der Waals surface area contributed by atoms with Crippen LogP contribution in [0.2, 0.25) is 0 Å². The van der Waals surface area contributed by atoms with E-state index in [-0.39, 0.29) is 27.7 Å². The van der Waals surface area contributed by atoms with E-state index in [0.717, 1.165) is 0 Å². The zero-order valence-corrected chi connectivity index (χ0v) is 10.5. The highest BCUT2D eigenvalue weighted by atomic mass is 32.1. The van der Waals surface area contributed by atoms with Crippen LogP contribution in [0.15, 0.2) is 29.3 Å². The molecule has 0 amide bonds. The van der Waals surface area contributed by atoms with E-state index < -0.39 is 0 Å². The Labute approximate surface area is 115 Å². The van der Waals surface area contributed by atoms with Gasteiger partial charge in [0.25, 0.3) is 0 Å². The molecule has 0 unspecified atom stereocenters. The van der Waals surface area contributed by atoms with Crippen molar-refractivity contribution in [2.45, 2.75) is 5.03 Å². The van der Waals surface area contributed by atoms with Crippen LogP contribution in [0.3, 0.4) is 0 Å². The summed E-state index contributed by atoms with van der Waals surface area (Å²) in [5, 5.41) is 28.0. The Hall–Kier alpha value is -2.70. The maximum Gasteiger partial charge on any atom is 0.143 e. The number of nitrogen functional groups attached to an aromatic ring is 1. The summed E-state index contributed by atoms with van der Waals surface area (Å²) in [6.07, 6.45) is 0. The Morgan fingerprint density at radius 3 is 2.47 bits per heavy atom. The number of thiol groups is 1. The number of nitrogens with zero attached hydrogens (tertiary/aromatic N) is 3. The van der Waals surface area contributed by atoms with Crippen LogP contribution < -0.4 is 5.73 Å². The standard InChI is InChI=1S/C13H8N4OS/c14-5-9-11(7-2-1-3-8(18)4-7)10(6-15)13(19)17-12(9)16/h1-4,18H,(H3,16,17,19). The van der Waals surface area contributed by atoms with Crippen LogP contribution in [0, 0.1) is 22.7 Å². The molecular weight excluding hydrogens is 260 g/mol. The predicted octanol–water partition coefficient (Wildman–Crippen LogP) is 2.07. The third-order valence-electron chi connectivity index (χ3n) is 2.56. The van der Waals surface area contributed by atoms with E-state index in [9.17, 15) is 15.6 Å². The number of pyridine rings is 1. The first-order valence-corrected chi connectivity index (χ1v) is 5.65. The quantitative estimate of drug-likeness (QED) is 0.686. The maximum absolute atomic E-state index is 9.51. The fourth-order valence-corrected chi connectivity index (χ4v) is 2.03. The average Bonchev–Trinajstić information content (AvgIpc) is 2.38. The molecule has 0 saturated heterocycles. The molecule has 2 aromatic rings. The maximum atomic E-state index is 9.51. The fraction of sp³-hybridized carbons (Fsp3) is 0. The van der Waals surface area contributed by atoms with Crippen molar-refractivity contribution >= 4 is 18.4 Å². The number of nitriles is 2. The number of phenolic OH excluding ortho intramolecular Hbond substituents is 1. The van der Waals surface area contributed by atoms with Crippen molar-refractivity contribution in [3.05, 3.63) is 35.4 Å². The lowest BCUT2D eigenvalue weighted by molar-refractivity contribution is 0.475. The summed E-state index contributed by atoms with van der Waals surface area (Å²) in [7, 11) is 0. The predicted molar refractivity (Wildman–Crippen MR) is 72.4 cm³/mol. The lowest BCUT2D eigenvalue weighted by Crippen LogP contribution is -2.02. The van der Waals surface area contributed by atoms with Gasteiger partial charge in [-0.3, -0.25) is 0 Å². The summed E-state index contributed by atoms with van der Waals surface area (Å²) in [4.78, 5) is 3.86. The topological polar surface area (TPSA) is 107 Å². The van der Waals surface area contributed by atoms with Gasteiger partial charge in [-0.25, -0.2) is 4.98 Å². The minimum Gasteiger partial charge on any atom is -0.508 e. The number of phenols is 1. The number of hydrogen-bond acceptors (Lipinski definition) is 6. The molecule has 0 fully saturated rings. The number of aromatic nitrogens is 1. The Kier molecular flexibility index (Phi) is 3.28. The third kappa shape index (κ3) is 2.17. The van der Waals surface area contributed by atoms with Crippen molar-refractivity contribution in [1.82, 2.24) is 4.98 Å². The van der Waals surface area contributed by atoms with Gasteiger partial charge < -0.3 is 10.8 Å². The van der Waals surface area contributed by atoms with Crippen LogP contribution in [0.4, 0.5) is 5.82 Å². The highest BCUT2D eigenvalue weighted by Crippen LogP contribution is 2.34. The van der Waals surface area contributed by atoms with E-state index in [1.165, 1.54) is 12.1 Å². The highest BCUT2D eigenvalue weighted by molar-refractivity contribution is 7.80. The number of rotatable bonds is 1. The largest absolute Gasteiger partial charge is 0.508 e. The van der Waals surface area contributed by atoms with Crippen LogP contribution in [-0.2, 0) is 0 Å². The molecule has 19 heavy (non-hydrogen) atoms. The van der Waals surface area contributed by atoms with Crippen molar-refractivity contribution in [1.29, 1.82) is 10.5 Å². The van der Waals surface area contributed by atoms with Crippen molar-refractivity contribution in [3.8, 4) is 29.0 Å². The molecular formula is C13H8N4OS. The van der Waals surface area contributed by atoms with Crippen LogP contribution in [0.5, 0.6) is 5.75 Å². The number of nitrogens with two attached hydrogens (primary N) is 1. The van der Waals surface area contributed by atoms with Crippen molar-refractivity contribution in [2.75, 3.05) is 5.73 Å². The van der Waals surface area contributed by atoms with Gasteiger partial charge in [-0.15, -0.1) is 12.6 Å². The normalized spacial score (nSPS) is 9.63. The molecule has 1 aromatic carbocycles. The number of benzene rings is 1. The summed E-state index contributed by atoms with van der Waals surface area (Å²) in [6, 6.07) is 10.1. The minimum atomic E-state index is 0.00448. The second-order valence-corrected chi connectivity index (χ2v) is 4.14. The van der Waals surface area contributed by atoms with E-state index >= 15 is 0 Å². The van der Waals surface area contributed by atoms with Crippen molar-refractivity contribution in [2.24, 2.45) is 0 Å². The summed E-state index contributed by atoms with van der Waals surface area (Å²) in [5.41, 5.74) is 6.77. The molecule has 1 aromatic heterocycles. The SMILES string of the molecule is N#Cc1c(N)nc(S)c(C#N)c1-c1cccc(O)c1. The molecule has 0 saturated carbocycles. The number of hydrogen-bond donors (Lipinski definition) is 3. The molecule has 0 spiro atoms. The van der Waals surface area contributed by atoms with Gasteiger partial charge in [0.1, 0.15) is 34.3 Å². The summed E-state index contributed by atoms with van der Waals surface area (Å²) < 4.78 is 0. The Bertz CT molecular complexity index is 705. The number of aromatic hydroxyl groups is 1. The molecule has 0 radical (unpaired) electrons. The summed E-state index contributed by atoms with van der Waals surface area (Å²) >= 11 is 4.09. The molecule has 0 aliphatic carbocycles. The minimum absolute atomic E-state index is 0.00448. The molecule has 1 heterocycles. The average molecular weight is 268 g/mol. The zero-order valence-electron chi connectivity index (χ0n) is 9.62. The molecule has 92 valence electrons. The monoisotopic (exact) mass is 268 g/mol. The molecule has 0 aliphatic heterocycles. The van der Waals surface area contributed by atoms with Gasteiger partial charge in [0.15, 0.2) is 0 Å². The van der Waals surface area contributed by atoms with Crippen LogP contribution in [0.25, 0.3) is 11.1 Å². The smallest absolute Gasteiger partial charge is 0.143 e. The van der Waals surface area contributed by atoms with Crippen LogP contribution >= 0.6 is 12.6 Å². The second kappa shape index (κ2) is 4.89. The Morgan fingerprint density at radius 2 is 1.89 bits per heavy atom. The first-order valence-electron chi connectivity index (χ1n) is 5.20. The van der Waals surface area contributed by atoms with Crippen molar-refractivity contribution < 1.29 is 5.11 Å². The first-order chi connectivity index (χ1) is 9.08. The zero-order chi connectivity index (χ0) is 14.0.